The van der Waals surface area contributed by atoms with Crippen LogP contribution >= 0.6 is 0 Å². The van der Waals surface area contributed by atoms with Gasteiger partial charge in [0.2, 0.25) is 5.95 Å². The van der Waals surface area contributed by atoms with E-state index < -0.39 is 0 Å². The van der Waals surface area contributed by atoms with Crippen molar-refractivity contribution >= 4 is 54.3 Å². The highest BCUT2D eigenvalue weighted by molar-refractivity contribution is 6.25. The summed E-state index contributed by atoms with van der Waals surface area (Å²) >= 11 is 0. The molecule has 2 aliphatic carbocycles. The Kier molecular flexibility index (Phi) is 5.91. The third kappa shape index (κ3) is 4.05. The predicted octanol–water partition coefficient (Wildman–Crippen LogP) is 11.6. The summed E-state index contributed by atoms with van der Waals surface area (Å²) in [5, 5.41) is 8.50. The minimum Gasteiger partial charge on any atom is -0.277 e. The third-order valence-electron chi connectivity index (χ3n) is 11.8. The third-order valence-corrected chi connectivity index (χ3v) is 11.8. The van der Waals surface area contributed by atoms with E-state index in [1.54, 1.807) is 0 Å². The number of rotatable bonds is 4. The van der Waals surface area contributed by atoms with E-state index in [2.05, 4.69) is 133 Å². The van der Waals surface area contributed by atoms with Gasteiger partial charge in [-0.1, -0.05) is 123 Å². The van der Waals surface area contributed by atoms with Gasteiger partial charge in [0, 0.05) is 27.1 Å². The first kappa shape index (κ1) is 27.1. The van der Waals surface area contributed by atoms with Gasteiger partial charge in [-0.2, -0.15) is 0 Å². The van der Waals surface area contributed by atoms with Crippen molar-refractivity contribution in [1.82, 2.24) is 14.5 Å². The molecule has 2 bridgehead atoms. The van der Waals surface area contributed by atoms with Crippen LogP contribution in [0.3, 0.4) is 0 Å². The van der Waals surface area contributed by atoms with Crippen molar-refractivity contribution in [3.63, 3.8) is 0 Å². The van der Waals surface area contributed by atoms with Crippen molar-refractivity contribution in [1.29, 1.82) is 0 Å². The lowest BCUT2D eigenvalue weighted by Gasteiger charge is -2.41. The standard InChI is InChI=1S/C44H37N3/c1-2-44(26-28-18-19-29(24-28)27-44)33-13-9-12-32(25-33)41-36-16-7-8-17-38(36)45-43(46-41)47-39-23-21-30-10-3-5-14-34(30)40(39)37-22-20-31-11-4-6-15-35(31)42(37)47/h3-17,20-23,25,28-29H,2,18-19,24,26-27H2,1H3/t28-,29?,44?/m0/s1. The summed E-state index contributed by atoms with van der Waals surface area (Å²) in [5.74, 6) is 2.48. The lowest BCUT2D eigenvalue weighted by atomic mass is 9.64. The number of para-hydroxylation sites is 1. The van der Waals surface area contributed by atoms with E-state index in [1.165, 1.54) is 82.0 Å². The molecule has 3 atom stereocenters. The van der Waals surface area contributed by atoms with Crippen LogP contribution in [0.1, 0.15) is 51.0 Å². The molecule has 0 saturated heterocycles. The molecule has 228 valence electrons. The van der Waals surface area contributed by atoms with Crippen molar-refractivity contribution < 1.29 is 0 Å². The molecule has 3 heteroatoms. The topological polar surface area (TPSA) is 30.7 Å². The zero-order chi connectivity index (χ0) is 31.1. The van der Waals surface area contributed by atoms with Gasteiger partial charge in [-0.3, -0.25) is 4.57 Å². The van der Waals surface area contributed by atoms with Gasteiger partial charge in [0.1, 0.15) is 0 Å². The maximum absolute atomic E-state index is 5.53. The summed E-state index contributed by atoms with van der Waals surface area (Å²) in [4.78, 5) is 10.8. The van der Waals surface area contributed by atoms with Gasteiger partial charge in [0.25, 0.3) is 0 Å². The number of aromatic nitrogens is 3. The maximum Gasteiger partial charge on any atom is 0.235 e. The Morgan fingerprint density at radius 1 is 0.660 bits per heavy atom. The van der Waals surface area contributed by atoms with Crippen molar-refractivity contribution in [2.24, 2.45) is 11.8 Å². The summed E-state index contributed by atoms with van der Waals surface area (Å²) in [6, 6.07) is 44.4. The minimum atomic E-state index is 0.262. The molecular formula is C44H37N3. The molecule has 47 heavy (non-hydrogen) atoms. The fraction of sp³-hybridized carbons (Fsp3) is 0.227. The van der Waals surface area contributed by atoms with Crippen molar-refractivity contribution in [2.45, 2.75) is 50.9 Å². The van der Waals surface area contributed by atoms with Crippen LogP contribution in [0.25, 0.3) is 71.5 Å². The van der Waals surface area contributed by atoms with Crippen LogP contribution in [-0.4, -0.2) is 14.5 Å². The Balaban J connectivity index is 1.26. The van der Waals surface area contributed by atoms with E-state index in [-0.39, 0.29) is 5.41 Å². The number of nitrogens with zero attached hydrogens (tertiary/aromatic N) is 3. The van der Waals surface area contributed by atoms with Crippen molar-refractivity contribution in [3.8, 4) is 17.2 Å². The molecule has 2 unspecified atom stereocenters. The van der Waals surface area contributed by atoms with E-state index in [1.807, 2.05) is 0 Å². The van der Waals surface area contributed by atoms with Crippen LogP contribution in [0, 0.1) is 11.8 Å². The lowest BCUT2D eigenvalue weighted by molar-refractivity contribution is 0.207. The normalized spacial score (nSPS) is 21.0. The van der Waals surface area contributed by atoms with Crippen LogP contribution in [-0.2, 0) is 5.41 Å². The molecule has 0 N–H and O–H groups in total. The molecule has 10 rings (SSSR count). The molecule has 6 aromatic carbocycles. The van der Waals surface area contributed by atoms with Gasteiger partial charge in [-0.05, 0) is 82.9 Å². The first-order valence-corrected chi connectivity index (χ1v) is 17.4. The molecule has 8 aromatic rings. The van der Waals surface area contributed by atoms with Crippen LogP contribution in [0.15, 0.2) is 121 Å². The molecule has 2 aromatic heterocycles. The number of hydrogen-bond acceptors (Lipinski definition) is 2. The fourth-order valence-electron chi connectivity index (χ4n) is 9.60. The fourth-order valence-corrected chi connectivity index (χ4v) is 9.60. The molecule has 2 heterocycles. The van der Waals surface area contributed by atoms with E-state index in [0.717, 1.165) is 45.4 Å². The predicted molar refractivity (Wildman–Crippen MR) is 196 cm³/mol. The smallest absolute Gasteiger partial charge is 0.235 e. The molecule has 0 spiro atoms. The Hall–Kier alpha value is -5.02. The van der Waals surface area contributed by atoms with E-state index >= 15 is 0 Å². The highest BCUT2D eigenvalue weighted by Gasteiger charge is 2.43. The molecule has 0 amide bonds. The lowest BCUT2D eigenvalue weighted by Crippen LogP contribution is -2.33. The van der Waals surface area contributed by atoms with Crippen LogP contribution in [0.5, 0.6) is 0 Å². The summed E-state index contributed by atoms with van der Waals surface area (Å²) in [6.07, 6.45) is 8.10. The minimum absolute atomic E-state index is 0.262. The molecule has 3 nitrogen and oxygen atoms in total. The zero-order valence-electron chi connectivity index (χ0n) is 26.8. The molecule has 2 saturated carbocycles. The SMILES string of the molecule is CCC1(c2cccc(-c3nc(-n4c5ccc6ccccc6c5c5ccc6ccccc6c54)nc4ccccc34)c2)CC2CC[C@@H](C2)C1. The average Bonchev–Trinajstić information content (AvgIpc) is 3.67. The van der Waals surface area contributed by atoms with E-state index in [4.69, 9.17) is 9.97 Å². The molecular weight excluding hydrogens is 571 g/mol. The summed E-state index contributed by atoms with van der Waals surface area (Å²) in [5.41, 5.74) is 7.21. The zero-order valence-corrected chi connectivity index (χ0v) is 26.8. The van der Waals surface area contributed by atoms with Gasteiger partial charge < -0.3 is 0 Å². The highest BCUT2D eigenvalue weighted by Crippen LogP contribution is 2.53. The number of fused-ring (bicyclic) bond motifs is 10. The first-order chi connectivity index (χ1) is 23.2. The molecule has 2 fully saturated rings. The summed E-state index contributed by atoms with van der Waals surface area (Å²) in [6.45, 7) is 2.41. The second-order valence-electron chi connectivity index (χ2n) is 14.3. The Morgan fingerprint density at radius 3 is 2.17 bits per heavy atom. The number of hydrogen-bond donors (Lipinski definition) is 0. The highest BCUT2D eigenvalue weighted by atomic mass is 15.2. The first-order valence-electron chi connectivity index (χ1n) is 17.4. The molecule has 2 aliphatic rings. The Bertz CT molecular complexity index is 2510. The van der Waals surface area contributed by atoms with Gasteiger partial charge in [-0.25, -0.2) is 9.97 Å². The number of benzene rings is 6. The quantitative estimate of drug-likeness (QED) is 0.199. The van der Waals surface area contributed by atoms with Gasteiger partial charge >= 0.3 is 0 Å². The Labute approximate surface area is 274 Å². The van der Waals surface area contributed by atoms with Gasteiger partial charge in [-0.15, -0.1) is 0 Å². The van der Waals surface area contributed by atoms with E-state index in [9.17, 15) is 0 Å². The van der Waals surface area contributed by atoms with Gasteiger partial charge in [0.15, 0.2) is 0 Å². The second kappa shape index (κ2) is 10.2. The molecule has 0 aliphatic heterocycles. The van der Waals surface area contributed by atoms with Crippen LogP contribution in [0.4, 0.5) is 0 Å². The average molecular weight is 608 g/mol. The van der Waals surface area contributed by atoms with Crippen molar-refractivity contribution in [3.05, 3.63) is 127 Å². The second-order valence-corrected chi connectivity index (χ2v) is 14.3. The maximum atomic E-state index is 5.53. The Morgan fingerprint density at radius 2 is 1.36 bits per heavy atom. The summed E-state index contributed by atoms with van der Waals surface area (Å²) < 4.78 is 2.32. The summed E-state index contributed by atoms with van der Waals surface area (Å²) in [7, 11) is 0. The van der Waals surface area contributed by atoms with Crippen LogP contribution in [0.2, 0.25) is 0 Å². The molecule has 0 radical (unpaired) electrons. The largest absolute Gasteiger partial charge is 0.277 e. The van der Waals surface area contributed by atoms with E-state index in [0.29, 0.717) is 0 Å². The van der Waals surface area contributed by atoms with Crippen LogP contribution < -0.4 is 0 Å². The van der Waals surface area contributed by atoms with Gasteiger partial charge in [0.05, 0.1) is 22.2 Å². The van der Waals surface area contributed by atoms with Crippen molar-refractivity contribution in [2.75, 3.05) is 0 Å². The monoisotopic (exact) mass is 607 g/mol.